The summed E-state index contributed by atoms with van der Waals surface area (Å²) in [7, 11) is 1.64. The average Bonchev–Trinajstić information content (AvgIpc) is 2.25. The summed E-state index contributed by atoms with van der Waals surface area (Å²) < 4.78 is 1.98. The van der Waals surface area contributed by atoms with E-state index in [4.69, 9.17) is 17.3 Å². The van der Waals surface area contributed by atoms with Crippen LogP contribution in [-0.2, 0) is 4.79 Å². The molecule has 0 aliphatic heterocycles. The molecule has 0 fully saturated rings. The number of hydrogen-bond acceptors (Lipinski definition) is 3. The van der Waals surface area contributed by atoms with Crippen LogP contribution in [0.3, 0.4) is 0 Å². The molecule has 0 unspecified atom stereocenters. The summed E-state index contributed by atoms with van der Waals surface area (Å²) in [6, 6.07) is 0. The van der Waals surface area contributed by atoms with Gasteiger partial charge in [-0.3, -0.25) is 9.59 Å². The molecule has 0 spiro atoms. The van der Waals surface area contributed by atoms with Crippen molar-refractivity contribution in [1.82, 2.24) is 0 Å². The predicted octanol–water partition coefficient (Wildman–Crippen LogP) is 3.44. The van der Waals surface area contributed by atoms with Crippen molar-refractivity contribution in [3.63, 3.8) is 0 Å². The Morgan fingerprint density at radius 3 is 2.06 bits per heavy atom. The minimum atomic E-state index is -0.579. The number of amides is 1. The molecule has 1 aromatic carbocycles. The van der Waals surface area contributed by atoms with E-state index in [2.05, 4.69) is 22.6 Å². The van der Waals surface area contributed by atoms with Crippen LogP contribution in [0.4, 0.5) is 11.4 Å². The number of carbonyl (C=O) groups excluding carboxylic acids is 2. The van der Waals surface area contributed by atoms with E-state index in [9.17, 15) is 9.59 Å². The Morgan fingerprint density at radius 2 is 1.67 bits per heavy atom. The van der Waals surface area contributed by atoms with Crippen molar-refractivity contribution in [2.75, 3.05) is 17.7 Å². The average molecular weight is 604 g/mol. The number of nitrogens with zero attached hydrogens (tertiary/aromatic N) is 1. The van der Waals surface area contributed by atoms with Gasteiger partial charge in [0.1, 0.15) is 0 Å². The van der Waals surface area contributed by atoms with Crippen LogP contribution in [-0.4, -0.2) is 18.2 Å². The van der Waals surface area contributed by atoms with Gasteiger partial charge in [-0.25, -0.2) is 0 Å². The molecule has 1 aromatic rings. The zero-order chi connectivity index (χ0) is 14.2. The SMILES string of the molecule is CC(=O)N(C)c1c(I)c(N)c(I)c(C(=O)Cl)c1I. The van der Waals surface area contributed by atoms with E-state index in [1.54, 1.807) is 7.05 Å². The molecule has 0 radical (unpaired) electrons. The molecule has 0 atom stereocenters. The smallest absolute Gasteiger partial charge is 0.254 e. The van der Waals surface area contributed by atoms with Crippen molar-refractivity contribution in [3.8, 4) is 0 Å². The normalized spacial score (nSPS) is 10.3. The first-order valence-electron chi connectivity index (χ1n) is 4.60. The van der Waals surface area contributed by atoms with Gasteiger partial charge in [-0.1, -0.05) is 0 Å². The molecule has 0 heterocycles. The van der Waals surface area contributed by atoms with Crippen LogP contribution in [0.1, 0.15) is 17.3 Å². The monoisotopic (exact) mass is 604 g/mol. The third-order valence-electron chi connectivity index (χ3n) is 2.33. The number of hydrogen-bond donors (Lipinski definition) is 1. The fourth-order valence-corrected chi connectivity index (χ4v) is 6.18. The zero-order valence-corrected chi connectivity index (χ0v) is 16.6. The summed E-state index contributed by atoms with van der Waals surface area (Å²) in [6.45, 7) is 1.45. The van der Waals surface area contributed by atoms with Gasteiger partial charge in [0.25, 0.3) is 5.24 Å². The summed E-state index contributed by atoms with van der Waals surface area (Å²) in [5.74, 6) is -0.139. The van der Waals surface area contributed by atoms with Crippen LogP contribution >= 0.6 is 79.4 Å². The summed E-state index contributed by atoms with van der Waals surface area (Å²) in [5, 5.41) is -0.579. The highest BCUT2D eigenvalue weighted by Crippen LogP contribution is 2.39. The Hall–Kier alpha value is 0.640. The van der Waals surface area contributed by atoms with Gasteiger partial charge in [-0.2, -0.15) is 0 Å². The lowest BCUT2D eigenvalue weighted by molar-refractivity contribution is -0.116. The molecule has 4 nitrogen and oxygen atoms in total. The van der Waals surface area contributed by atoms with Crippen LogP contribution in [0.5, 0.6) is 0 Å². The van der Waals surface area contributed by atoms with Crippen molar-refractivity contribution in [2.24, 2.45) is 0 Å². The number of carbonyl (C=O) groups is 2. The van der Waals surface area contributed by atoms with Gasteiger partial charge in [-0.05, 0) is 79.4 Å². The fraction of sp³-hybridized carbons (Fsp3) is 0.200. The number of rotatable bonds is 2. The van der Waals surface area contributed by atoms with Crippen LogP contribution in [0.2, 0.25) is 0 Å². The molecule has 0 bridgehead atoms. The van der Waals surface area contributed by atoms with Crippen LogP contribution in [0.15, 0.2) is 0 Å². The minimum Gasteiger partial charge on any atom is -0.397 e. The highest BCUT2D eigenvalue weighted by atomic mass is 127. The molecule has 1 rings (SSSR count). The Labute approximate surface area is 150 Å². The number of halogens is 4. The maximum atomic E-state index is 11.5. The van der Waals surface area contributed by atoms with Gasteiger partial charge in [-0.15, -0.1) is 0 Å². The maximum absolute atomic E-state index is 11.5. The Balaban J connectivity index is 3.73. The van der Waals surface area contributed by atoms with Crippen LogP contribution < -0.4 is 10.6 Å². The molecule has 0 saturated heterocycles. The highest BCUT2D eigenvalue weighted by molar-refractivity contribution is 14.1. The molecule has 8 heteroatoms. The van der Waals surface area contributed by atoms with E-state index in [1.807, 2.05) is 45.2 Å². The molecule has 18 heavy (non-hydrogen) atoms. The molecule has 2 N–H and O–H groups in total. The van der Waals surface area contributed by atoms with E-state index in [-0.39, 0.29) is 5.91 Å². The lowest BCUT2D eigenvalue weighted by Crippen LogP contribution is -2.26. The Bertz CT molecular complexity index is 549. The summed E-state index contributed by atoms with van der Waals surface area (Å²) in [4.78, 5) is 24.4. The van der Waals surface area contributed by atoms with Crippen LogP contribution in [0.25, 0.3) is 0 Å². The fourth-order valence-electron chi connectivity index (χ4n) is 1.29. The molecular formula is C10H8ClI3N2O2. The first kappa shape index (κ1) is 16.7. The second-order valence-corrected chi connectivity index (χ2v) is 7.01. The topological polar surface area (TPSA) is 63.4 Å². The molecule has 98 valence electrons. The first-order valence-corrected chi connectivity index (χ1v) is 8.21. The van der Waals surface area contributed by atoms with Crippen molar-refractivity contribution in [3.05, 3.63) is 16.3 Å². The number of nitrogens with two attached hydrogens (primary N) is 1. The number of anilines is 2. The summed E-state index contributed by atoms with van der Waals surface area (Å²) >= 11 is 11.6. The van der Waals surface area contributed by atoms with Gasteiger partial charge in [0.05, 0.1) is 27.6 Å². The van der Waals surface area contributed by atoms with E-state index in [0.29, 0.717) is 24.1 Å². The van der Waals surface area contributed by atoms with Gasteiger partial charge in [0.15, 0.2) is 0 Å². The number of nitrogen functional groups attached to an aromatic ring is 1. The van der Waals surface area contributed by atoms with Crippen molar-refractivity contribution in [1.29, 1.82) is 0 Å². The Morgan fingerprint density at radius 1 is 1.17 bits per heavy atom. The Kier molecular flexibility index (Phi) is 5.93. The van der Waals surface area contributed by atoms with Crippen molar-refractivity contribution in [2.45, 2.75) is 6.92 Å². The largest absolute Gasteiger partial charge is 0.397 e. The second kappa shape index (κ2) is 6.39. The lowest BCUT2D eigenvalue weighted by Gasteiger charge is -2.22. The molecule has 0 aliphatic rings. The molecule has 0 aromatic heterocycles. The van der Waals surface area contributed by atoms with Gasteiger partial charge < -0.3 is 10.6 Å². The minimum absolute atomic E-state index is 0.139. The van der Waals surface area contributed by atoms with E-state index in [0.717, 1.165) is 3.57 Å². The van der Waals surface area contributed by atoms with Crippen molar-refractivity contribution >= 4 is 102 Å². The van der Waals surface area contributed by atoms with E-state index in [1.165, 1.54) is 11.8 Å². The zero-order valence-electron chi connectivity index (χ0n) is 9.35. The maximum Gasteiger partial charge on any atom is 0.254 e. The molecule has 0 saturated carbocycles. The van der Waals surface area contributed by atoms with Crippen LogP contribution in [0, 0.1) is 10.7 Å². The van der Waals surface area contributed by atoms with Gasteiger partial charge in [0, 0.05) is 14.0 Å². The predicted molar refractivity (Wildman–Crippen MR) is 98.3 cm³/mol. The molecular weight excluding hydrogens is 596 g/mol. The third-order valence-corrected chi connectivity index (χ3v) is 5.78. The lowest BCUT2D eigenvalue weighted by atomic mass is 10.1. The molecule has 1 amide bonds. The standard InChI is InChI=1S/C10H8ClI3N2O2/c1-3(17)16(2)9-6(13)4(10(11)18)5(12)8(15)7(9)14/h15H2,1-2H3. The van der Waals surface area contributed by atoms with E-state index >= 15 is 0 Å². The quantitative estimate of drug-likeness (QED) is 0.320. The summed E-state index contributed by atoms with van der Waals surface area (Å²) in [5.41, 5.74) is 7.39. The van der Waals surface area contributed by atoms with Gasteiger partial charge in [0.2, 0.25) is 5.91 Å². The first-order chi connectivity index (χ1) is 8.20. The second-order valence-electron chi connectivity index (χ2n) is 3.43. The molecule has 0 aliphatic carbocycles. The third kappa shape index (κ3) is 3.03. The highest BCUT2D eigenvalue weighted by Gasteiger charge is 2.25. The summed E-state index contributed by atoms with van der Waals surface area (Å²) in [6.07, 6.45) is 0. The van der Waals surface area contributed by atoms with Crippen molar-refractivity contribution < 1.29 is 9.59 Å². The number of benzene rings is 1. The van der Waals surface area contributed by atoms with Gasteiger partial charge >= 0.3 is 0 Å². The van der Waals surface area contributed by atoms with E-state index < -0.39 is 5.24 Å².